The average Bonchev–Trinajstić information content (AvgIpc) is 3.81. The van der Waals surface area contributed by atoms with Gasteiger partial charge < -0.3 is 4.42 Å². The molecular weight excluding hydrogens is 681 g/mol. The first-order valence-electron chi connectivity index (χ1n) is 19.1. The Morgan fingerprint density at radius 2 is 0.929 bits per heavy atom. The molecule has 0 fully saturated rings. The van der Waals surface area contributed by atoms with Gasteiger partial charge in [-0.2, -0.15) is 0 Å². The molecular formula is C53H34N2O. The van der Waals surface area contributed by atoms with Gasteiger partial charge in [-0.15, -0.1) is 0 Å². The first-order valence-corrected chi connectivity index (χ1v) is 19.1. The molecule has 0 amide bonds. The Hall–Kier alpha value is -7.36. The standard InChI is InChI=1S/C53H34N2O/c1-4-17-35(18-5-1)52-54-47(36-31-32-42-41-25-13-15-30-49(41)56-50(42)33-36)34-48(55-52)40-24-11-10-23-39(40)43-27-16-29-46-51(43)44-26-12-14-28-45(44)53(46,37-19-6-2-7-20-37)38-21-8-3-9-22-38/h1-34H. The summed E-state index contributed by atoms with van der Waals surface area (Å²) in [6.07, 6.45) is 0. The summed E-state index contributed by atoms with van der Waals surface area (Å²) >= 11 is 0. The van der Waals surface area contributed by atoms with Gasteiger partial charge in [0.2, 0.25) is 0 Å². The largest absolute Gasteiger partial charge is 0.456 e. The van der Waals surface area contributed by atoms with Crippen LogP contribution in [0.5, 0.6) is 0 Å². The predicted molar refractivity (Wildman–Crippen MR) is 228 cm³/mol. The van der Waals surface area contributed by atoms with Gasteiger partial charge in [-0.25, -0.2) is 9.97 Å². The lowest BCUT2D eigenvalue weighted by Crippen LogP contribution is -2.28. The minimum absolute atomic E-state index is 0.489. The molecule has 10 aromatic rings. The van der Waals surface area contributed by atoms with Crippen LogP contribution in [0.4, 0.5) is 0 Å². The maximum atomic E-state index is 6.33. The van der Waals surface area contributed by atoms with Crippen LogP contribution in [0.15, 0.2) is 211 Å². The van der Waals surface area contributed by atoms with E-state index in [0.29, 0.717) is 5.82 Å². The molecule has 2 heterocycles. The lowest BCUT2D eigenvalue weighted by Gasteiger charge is -2.34. The highest BCUT2D eigenvalue weighted by molar-refractivity contribution is 6.06. The van der Waals surface area contributed by atoms with Gasteiger partial charge >= 0.3 is 0 Å². The highest BCUT2D eigenvalue weighted by atomic mass is 16.3. The SMILES string of the molecule is c1ccc(-c2nc(-c3ccc4c(c3)oc3ccccc34)cc(-c3ccccc3-c3cccc4c3-c3ccccc3C4(c3ccccc3)c3ccccc3)n2)cc1. The second-order valence-electron chi connectivity index (χ2n) is 14.4. The molecule has 0 aliphatic heterocycles. The van der Waals surface area contributed by atoms with Crippen molar-refractivity contribution in [1.82, 2.24) is 9.97 Å². The Labute approximate surface area is 325 Å². The van der Waals surface area contributed by atoms with Gasteiger partial charge in [0.1, 0.15) is 11.2 Å². The van der Waals surface area contributed by atoms with Gasteiger partial charge in [-0.1, -0.05) is 182 Å². The highest BCUT2D eigenvalue weighted by Crippen LogP contribution is 2.58. The average molecular weight is 715 g/mol. The fourth-order valence-corrected chi connectivity index (χ4v) is 8.99. The molecule has 0 atom stereocenters. The molecule has 0 radical (unpaired) electrons. The highest BCUT2D eigenvalue weighted by Gasteiger charge is 2.46. The second kappa shape index (κ2) is 12.9. The first kappa shape index (κ1) is 32.1. The number of furan rings is 1. The third-order valence-corrected chi connectivity index (χ3v) is 11.4. The number of hydrogen-bond donors (Lipinski definition) is 0. The Bertz CT molecular complexity index is 3040. The summed E-state index contributed by atoms with van der Waals surface area (Å²) < 4.78 is 6.33. The summed E-state index contributed by atoms with van der Waals surface area (Å²) in [5, 5.41) is 2.20. The molecule has 0 bridgehead atoms. The van der Waals surface area contributed by atoms with E-state index in [4.69, 9.17) is 14.4 Å². The summed E-state index contributed by atoms with van der Waals surface area (Å²) in [6, 6.07) is 73.3. The molecule has 3 heteroatoms. The lowest BCUT2D eigenvalue weighted by atomic mass is 9.67. The van der Waals surface area contributed by atoms with Crippen LogP contribution in [0.3, 0.4) is 0 Å². The van der Waals surface area contributed by atoms with E-state index < -0.39 is 5.41 Å². The predicted octanol–water partition coefficient (Wildman–Crippen LogP) is 13.4. The number of rotatable bonds is 6. The zero-order chi connectivity index (χ0) is 37.1. The van der Waals surface area contributed by atoms with Gasteiger partial charge in [0.15, 0.2) is 5.82 Å². The number of aromatic nitrogens is 2. The topological polar surface area (TPSA) is 38.9 Å². The third kappa shape index (κ3) is 4.91. The zero-order valence-corrected chi connectivity index (χ0v) is 30.4. The molecule has 11 rings (SSSR count). The van der Waals surface area contributed by atoms with Crippen LogP contribution in [0, 0.1) is 0 Å². The van der Waals surface area contributed by atoms with E-state index in [1.807, 2.05) is 30.3 Å². The Morgan fingerprint density at radius 1 is 0.357 bits per heavy atom. The van der Waals surface area contributed by atoms with E-state index in [1.54, 1.807) is 0 Å². The Balaban J connectivity index is 1.15. The van der Waals surface area contributed by atoms with Gasteiger partial charge in [-0.3, -0.25) is 0 Å². The molecule has 1 aliphatic rings. The van der Waals surface area contributed by atoms with Crippen molar-refractivity contribution in [3.8, 4) is 56.2 Å². The van der Waals surface area contributed by atoms with Crippen molar-refractivity contribution in [3.63, 3.8) is 0 Å². The van der Waals surface area contributed by atoms with Crippen molar-refractivity contribution in [3.05, 3.63) is 229 Å². The number of benzene rings is 8. The number of para-hydroxylation sites is 1. The van der Waals surface area contributed by atoms with Crippen molar-refractivity contribution in [2.45, 2.75) is 5.41 Å². The summed E-state index contributed by atoms with van der Waals surface area (Å²) in [5.74, 6) is 0.674. The fourth-order valence-electron chi connectivity index (χ4n) is 8.99. The molecule has 3 nitrogen and oxygen atoms in total. The van der Waals surface area contributed by atoms with Crippen molar-refractivity contribution in [2.75, 3.05) is 0 Å². The summed E-state index contributed by atoms with van der Waals surface area (Å²) in [6.45, 7) is 0. The third-order valence-electron chi connectivity index (χ3n) is 11.4. The number of fused-ring (bicyclic) bond motifs is 6. The van der Waals surface area contributed by atoms with Gasteiger partial charge in [0.25, 0.3) is 0 Å². The molecule has 0 spiro atoms. The maximum Gasteiger partial charge on any atom is 0.160 e. The van der Waals surface area contributed by atoms with Crippen LogP contribution in [0.2, 0.25) is 0 Å². The lowest BCUT2D eigenvalue weighted by molar-refractivity contribution is 0.669. The van der Waals surface area contributed by atoms with Crippen LogP contribution in [-0.4, -0.2) is 9.97 Å². The van der Waals surface area contributed by atoms with E-state index in [9.17, 15) is 0 Å². The first-order chi connectivity index (χ1) is 27.8. The maximum absolute atomic E-state index is 6.33. The van der Waals surface area contributed by atoms with Crippen molar-refractivity contribution >= 4 is 21.9 Å². The van der Waals surface area contributed by atoms with Crippen LogP contribution in [0.25, 0.3) is 78.1 Å². The van der Waals surface area contributed by atoms with E-state index in [1.165, 1.54) is 38.9 Å². The summed E-state index contributed by atoms with van der Waals surface area (Å²) in [4.78, 5) is 10.5. The molecule has 0 saturated heterocycles. The normalized spacial score (nSPS) is 12.8. The fraction of sp³-hybridized carbons (Fsp3) is 0.0189. The minimum Gasteiger partial charge on any atom is -0.456 e. The van der Waals surface area contributed by atoms with Crippen molar-refractivity contribution < 1.29 is 4.42 Å². The quantitative estimate of drug-likeness (QED) is 0.172. The molecule has 0 N–H and O–H groups in total. The van der Waals surface area contributed by atoms with E-state index >= 15 is 0 Å². The Morgan fingerprint density at radius 3 is 1.70 bits per heavy atom. The van der Waals surface area contributed by atoms with E-state index in [0.717, 1.165) is 55.6 Å². The second-order valence-corrected chi connectivity index (χ2v) is 14.4. The smallest absolute Gasteiger partial charge is 0.160 e. The number of nitrogens with zero attached hydrogens (tertiary/aromatic N) is 2. The van der Waals surface area contributed by atoms with E-state index in [-0.39, 0.29) is 0 Å². The summed E-state index contributed by atoms with van der Waals surface area (Å²) in [5.41, 5.74) is 15.7. The van der Waals surface area contributed by atoms with Crippen LogP contribution < -0.4 is 0 Å². The molecule has 8 aromatic carbocycles. The molecule has 56 heavy (non-hydrogen) atoms. The summed E-state index contributed by atoms with van der Waals surface area (Å²) in [7, 11) is 0. The molecule has 1 aliphatic carbocycles. The minimum atomic E-state index is -0.489. The van der Waals surface area contributed by atoms with Crippen molar-refractivity contribution in [2.24, 2.45) is 0 Å². The van der Waals surface area contributed by atoms with Gasteiger partial charge in [0.05, 0.1) is 16.8 Å². The molecule has 0 unspecified atom stereocenters. The zero-order valence-electron chi connectivity index (χ0n) is 30.4. The van der Waals surface area contributed by atoms with E-state index in [2.05, 4.69) is 176 Å². The molecule has 262 valence electrons. The Kier molecular flexibility index (Phi) is 7.39. The monoisotopic (exact) mass is 714 g/mol. The molecule has 0 saturated carbocycles. The van der Waals surface area contributed by atoms with Crippen molar-refractivity contribution in [1.29, 1.82) is 0 Å². The van der Waals surface area contributed by atoms with Gasteiger partial charge in [0, 0.05) is 27.5 Å². The number of hydrogen-bond acceptors (Lipinski definition) is 3. The van der Waals surface area contributed by atoms with Crippen LogP contribution in [0.1, 0.15) is 22.3 Å². The van der Waals surface area contributed by atoms with Crippen LogP contribution in [-0.2, 0) is 5.41 Å². The molecule has 2 aromatic heterocycles. The van der Waals surface area contributed by atoms with Crippen LogP contribution >= 0.6 is 0 Å². The van der Waals surface area contributed by atoms with Gasteiger partial charge in [-0.05, 0) is 68.8 Å².